The summed E-state index contributed by atoms with van der Waals surface area (Å²) >= 11 is 13.6. The van der Waals surface area contributed by atoms with E-state index in [0.29, 0.717) is 48.9 Å². The van der Waals surface area contributed by atoms with E-state index < -0.39 is 11.9 Å². The van der Waals surface area contributed by atoms with Gasteiger partial charge in [0.05, 0.1) is 22.3 Å². The third kappa shape index (κ3) is 7.90. The first-order valence-electron chi connectivity index (χ1n) is 19.7. The molecule has 8 rings (SSSR count). The van der Waals surface area contributed by atoms with E-state index in [1.165, 1.54) is 0 Å². The molecule has 302 valence electrons. The lowest BCUT2D eigenvalue weighted by atomic mass is 9.86. The molecule has 2 unspecified atom stereocenters. The van der Waals surface area contributed by atoms with Gasteiger partial charge in [0.25, 0.3) is 5.91 Å². The minimum atomic E-state index is -0.679. The Bertz CT molecular complexity index is 2350. The van der Waals surface area contributed by atoms with Crippen molar-refractivity contribution in [3.8, 4) is 22.6 Å². The van der Waals surface area contributed by atoms with Crippen LogP contribution in [0.15, 0.2) is 67.0 Å². The number of esters is 1. The molecule has 1 saturated carbocycles. The van der Waals surface area contributed by atoms with Crippen molar-refractivity contribution in [3.05, 3.63) is 122 Å². The smallest absolute Gasteiger partial charge is 0.308 e. The molecule has 0 bridgehead atoms. The molecule has 2 aliphatic carbocycles. The molecule has 1 amide bonds. The summed E-state index contributed by atoms with van der Waals surface area (Å²) in [6, 6.07) is 16.7. The Kier molecular flexibility index (Phi) is 11.7. The summed E-state index contributed by atoms with van der Waals surface area (Å²) in [5.41, 5.74) is 12.8. The predicted molar refractivity (Wildman–Crippen MR) is 219 cm³/mol. The number of nitrogens with one attached hydrogen (secondary N) is 1. The van der Waals surface area contributed by atoms with Crippen molar-refractivity contribution in [1.29, 1.82) is 0 Å². The fourth-order valence-corrected chi connectivity index (χ4v) is 8.51. The predicted octanol–water partition coefficient (Wildman–Crippen LogP) is 8.37. The number of fused-ring (bicyclic) bond motifs is 2. The second kappa shape index (κ2) is 17.1. The van der Waals surface area contributed by atoms with Crippen LogP contribution >= 0.6 is 23.2 Å². The second-order valence-electron chi connectivity index (χ2n) is 15.2. The van der Waals surface area contributed by atoms with Crippen molar-refractivity contribution < 1.29 is 28.2 Å². The normalized spacial score (nSPS) is 16.9. The first-order valence-corrected chi connectivity index (χ1v) is 20.4. The van der Waals surface area contributed by atoms with Crippen LogP contribution < -0.4 is 20.5 Å². The number of imidazole rings is 1. The highest BCUT2D eigenvalue weighted by Crippen LogP contribution is 2.45. The van der Waals surface area contributed by atoms with Crippen molar-refractivity contribution >= 4 is 40.8 Å². The van der Waals surface area contributed by atoms with Gasteiger partial charge in [-0.15, -0.1) is 0 Å². The molecular weight excluding hydrogens is 782 g/mol. The molecule has 1 aliphatic heterocycles. The number of pyridine rings is 1. The maximum Gasteiger partial charge on any atom is 0.308 e. The molecule has 58 heavy (non-hydrogen) atoms. The molecule has 0 saturated heterocycles. The summed E-state index contributed by atoms with van der Waals surface area (Å²) in [5.74, 6) is -0.403. The van der Waals surface area contributed by atoms with Crippen LogP contribution in [0.25, 0.3) is 11.1 Å². The number of carbonyl (C=O) groups is 2. The fraction of sp³-hybridized carbons (Fsp3) is 0.364. The van der Waals surface area contributed by atoms with Crippen LogP contribution in [0.2, 0.25) is 10.0 Å². The molecule has 2 aromatic heterocycles. The summed E-state index contributed by atoms with van der Waals surface area (Å²) < 4.78 is 35.4. The quantitative estimate of drug-likeness (QED) is 0.112. The summed E-state index contributed by atoms with van der Waals surface area (Å²) in [7, 11) is 1.86. The Labute approximate surface area is 346 Å². The van der Waals surface area contributed by atoms with Gasteiger partial charge in [-0.1, -0.05) is 66.0 Å². The van der Waals surface area contributed by atoms with Crippen LogP contribution in [0.1, 0.15) is 83.0 Å². The van der Waals surface area contributed by atoms with Crippen molar-refractivity contribution in [2.45, 2.75) is 77.3 Å². The van der Waals surface area contributed by atoms with Crippen LogP contribution in [0.4, 0.5) is 10.1 Å². The molecule has 3 N–H and O–H groups in total. The van der Waals surface area contributed by atoms with Crippen LogP contribution in [0, 0.1) is 11.7 Å². The minimum absolute atomic E-state index is 0.0266. The molecule has 5 aromatic rings. The Morgan fingerprint density at radius 3 is 2.60 bits per heavy atom. The van der Waals surface area contributed by atoms with Crippen LogP contribution in [-0.2, 0) is 49.1 Å². The fourth-order valence-electron chi connectivity index (χ4n) is 8.02. The van der Waals surface area contributed by atoms with Gasteiger partial charge in [-0.25, -0.2) is 9.37 Å². The van der Waals surface area contributed by atoms with E-state index in [1.807, 2.05) is 48.0 Å². The maximum atomic E-state index is 15.5. The van der Waals surface area contributed by atoms with E-state index in [-0.39, 0.29) is 59.1 Å². The number of aromatic nitrogens is 3. The lowest BCUT2D eigenvalue weighted by Crippen LogP contribution is -2.41. The van der Waals surface area contributed by atoms with Gasteiger partial charge >= 0.3 is 5.97 Å². The molecule has 0 radical (unpaired) electrons. The van der Waals surface area contributed by atoms with Crippen molar-refractivity contribution in [1.82, 2.24) is 19.4 Å². The highest BCUT2D eigenvalue weighted by Gasteiger charge is 2.32. The van der Waals surface area contributed by atoms with Gasteiger partial charge in [-0.2, -0.15) is 0 Å². The number of hydrogen-bond donors (Lipinski definition) is 2. The van der Waals surface area contributed by atoms with Crippen LogP contribution in [0.3, 0.4) is 0 Å². The SMILES string of the molecule is CC(COC(=O)C1CCC1)N1CCc2c(nc(C(=O)Nc3cccc(-c4cccc5c4CCC5Oc4cc(OCc5cccnc5)c(CN)c(F)c4Cl)c3Cl)n2C)C1. The topological polar surface area (TPSA) is 134 Å². The summed E-state index contributed by atoms with van der Waals surface area (Å²) in [5, 5.41) is 3.24. The molecule has 11 nitrogen and oxygen atoms in total. The third-order valence-electron chi connectivity index (χ3n) is 11.6. The van der Waals surface area contributed by atoms with Crippen molar-refractivity contribution in [3.63, 3.8) is 0 Å². The Morgan fingerprint density at radius 1 is 1.03 bits per heavy atom. The molecule has 3 aliphatic rings. The second-order valence-corrected chi connectivity index (χ2v) is 15.9. The van der Waals surface area contributed by atoms with Gasteiger partial charge in [-0.3, -0.25) is 19.5 Å². The average molecular weight is 828 g/mol. The zero-order valence-electron chi connectivity index (χ0n) is 32.4. The number of anilines is 1. The number of amides is 1. The Balaban J connectivity index is 0.970. The van der Waals surface area contributed by atoms with Crippen LogP contribution in [0.5, 0.6) is 11.5 Å². The average Bonchev–Trinajstić information content (AvgIpc) is 3.78. The summed E-state index contributed by atoms with van der Waals surface area (Å²) in [4.78, 5) is 37.2. The lowest BCUT2D eigenvalue weighted by molar-refractivity contribution is -0.153. The van der Waals surface area contributed by atoms with E-state index in [2.05, 4.69) is 22.1 Å². The molecule has 1 fully saturated rings. The van der Waals surface area contributed by atoms with Crippen LogP contribution in [-0.4, -0.2) is 50.5 Å². The largest absolute Gasteiger partial charge is 0.488 e. The molecule has 14 heteroatoms. The maximum absolute atomic E-state index is 15.5. The number of rotatable bonds is 13. The lowest BCUT2D eigenvalue weighted by Gasteiger charge is -2.32. The minimum Gasteiger partial charge on any atom is -0.488 e. The number of nitrogens with two attached hydrogens (primary N) is 1. The van der Waals surface area contributed by atoms with Gasteiger partial charge in [0.15, 0.2) is 11.6 Å². The highest BCUT2D eigenvalue weighted by atomic mass is 35.5. The first-order chi connectivity index (χ1) is 28.1. The van der Waals surface area contributed by atoms with E-state index in [0.717, 1.165) is 65.0 Å². The van der Waals surface area contributed by atoms with E-state index in [9.17, 15) is 9.59 Å². The van der Waals surface area contributed by atoms with Gasteiger partial charge in [0, 0.05) is 80.0 Å². The molecule has 3 aromatic carbocycles. The number of nitrogens with zero attached hydrogens (tertiary/aromatic N) is 4. The van der Waals surface area contributed by atoms with Crippen molar-refractivity contribution in [2.75, 3.05) is 18.5 Å². The van der Waals surface area contributed by atoms with Crippen molar-refractivity contribution in [2.24, 2.45) is 18.7 Å². The van der Waals surface area contributed by atoms with Gasteiger partial charge in [-0.05, 0) is 61.4 Å². The van der Waals surface area contributed by atoms with Gasteiger partial charge < -0.3 is 29.8 Å². The Hall–Kier alpha value is -5.01. The number of benzene rings is 3. The first kappa shape index (κ1) is 39.8. The summed E-state index contributed by atoms with van der Waals surface area (Å²) in [6.45, 7) is 3.77. The van der Waals surface area contributed by atoms with Gasteiger partial charge in [0.1, 0.15) is 35.8 Å². The standard InChI is InChI=1S/C44H45Cl2FN6O5/c1-25(23-57-44(55)27-8-3-9-27)53-18-16-35-34(22-53)50-42(52(35)2)43(54)51-33-13-5-12-31(39(33)45)28-10-4-11-30-29(28)14-15-36(30)58-38-19-37(32(20-48)41(47)40(38)46)56-24-26-7-6-17-49-21-26/h4-7,10-13,17,19,21,25,27,36H,3,8-9,14-16,18,20,22-24,48H2,1-2H3,(H,51,54). The Morgan fingerprint density at radius 2 is 1.84 bits per heavy atom. The number of hydrogen-bond acceptors (Lipinski definition) is 9. The zero-order chi connectivity index (χ0) is 40.5. The molecule has 3 heterocycles. The van der Waals surface area contributed by atoms with Gasteiger partial charge in [0.2, 0.25) is 0 Å². The highest BCUT2D eigenvalue weighted by molar-refractivity contribution is 6.36. The third-order valence-corrected chi connectivity index (χ3v) is 12.4. The number of ether oxygens (including phenoxy) is 3. The zero-order valence-corrected chi connectivity index (χ0v) is 33.9. The molecule has 2 atom stereocenters. The monoisotopic (exact) mass is 826 g/mol. The van der Waals surface area contributed by atoms with E-state index in [1.54, 1.807) is 30.6 Å². The number of carbonyl (C=O) groups excluding carboxylic acids is 2. The molecular formula is C44H45Cl2FN6O5. The summed E-state index contributed by atoms with van der Waals surface area (Å²) in [6.07, 6.45) is 7.85. The van der Waals surface area contributed by atoms with E-state index in [4.69, 9.17) is 48.1 Å². The molecule has 0 spiro atoms. The van der Waals surface area contributed by atoms with E-state index >= 15 is 4.39 Å². The number of halogens is 3.